The van der Waals surface area contributed by atoms with Gasteiger partial charge in [0.1, 0.15) is 0 Å². The zero-order chi connectivity index (χ0) is 15.3. The summed E-state index contributed by atoms with van der Waals surface area (Å²) < 4.78 is 24.9. The number of amides is 1. The van der Waals surface area contributed by atoms with Crippen molar-refractivity contribution in [2.45, 2.75) is 24.3 Å². The van der Waals surface area contributed by atoms with Gasteiger partial charge < -0.3 is 10.4 Å². The van der Waals surface area contributed by atoms with Crippen molar-refractivity contribution in [1.82, 2.24) is 9.62 Å². The van der Waals surface area contributed by atoms with E-state index in [-0.39, 0.29) is 23.5 Å². The van der Waals surface area contributed by atoms with Crippen LogP contribution >= 0.6 is 0 Å². The summed E-state index contributed by atoms with van der Waals surface area (Å²) in [6, 6.07) is 5.40. The van der Waals surface area contributed by atoms with E-state index in [1.54, 1.807) is 0 Å². The van der Waals surface area contributed by atoms with Crippen LogP contribution in [0.25, 0.3) is 0 Å². The van der Waals surface area contributed by atoms with Crippen LogP contribution in [0.3, 0.4) is 0 Å². The van der Waals surface area contributed by atoms with Crippen molar-refractivity contribution in [3.05, 3.63) is 29.8 Å². The molecule has 1 aromatic carbocycles. The Labute approximate surface area is 119 Å². The molecule has 0 aliphatic carbocycles. The van der Waals surface area contributed by atoms with E-state index in [0.717, 1.165) is 4.31 Å². The smallest absolute Gasteiger partial charge is 0.251 e. The maximum atomic E-state index is 11.9. The van der Waals surface area contributed by atoms with Gasteiger partial charge >= 0.3 is 0 Å². The Morgan fingerprint density at radius 3 is 2.25 bits per heavy atom. The highest BCUT2D eigenvalue weighted by atomic mass is 32.2. The maximum Gasteiger partial charge on any atom is 0.251 e. The number of sulfonamides is 1. The minimum atomic E-state index is -3.49. The van der Waals surface area contributed by atoms with Crippen molar-refractivity contribution >= 4 is 15.9 Å². The van der Waals surface area contributed by atoms with Crippen LogP contribution in [0.2, 0.25) is 0 Å². The lowest BCUT2D eigenvalue weighted by Crippen LogP contribution is -2.36. The van der Waals surface area contributed by atoms with Crippen molar-refractivity contribution in [3.8, 4) is 0 Å². The van der Waals surface area contributed by atoms with E-state index in [1.807, 2.05) is 6.92 Å². The number of nitrogens with zero attached hydrogens (tertiary/aromatic N) is 1. The molecule has 6 nitrogen and oxygen atoms in total. The van der Waals surface area contributed by atoms with E-state index in [0.29, 0.717) is 12.0 Å². The van der Waals surface area contributed by atoms with Crippen LogP contribution < -0.4 is 5.32 Å². The Morgan fingerprint density at radius 2 is 1.85 bits per heavy atom. The van der Waals surface area contributed by atoms with E-state index in [1.165, 1.54) is 38.4 Å². The number of carbonyl (C=O) groups is 1. The number of hydrogen-bond acceptors (Lipinski definition) is 4. The van der Waals surface area contributed by atoms with E-state index in [2.05, 4.69) is 5.32 Å². The molecule has 0 radical (unpaired) electrons. The number of carbonyl (C=O) groups excluding carboxylic acids is 1. The standard InChI is InChI=1S/C13H20N2O4S/c1-4-11(9-16)14-13(17)10-5-7-12(8-6-10)20(18,19)15(2)3/h5-8,11,16H,4,9H2,1-3H3,(H,14,17)/t11-/m0/s1. The topological polar surface area (TPSA) is 86.7 Å². The quantitative estimate of drug-likeness (QED) is 0.798. The van der Waals surface area contributed by atoms with Gasteiger partial charge in [-0.1, -0.05) is 6.92 Å². The molecule has 1 aromatic rings. The molecule has 1 atom stereocenters. The lowest BCUT2D eigenvalue weighted by Gasteiger charge is -2.14. The van der Waals surface area contributed by atoms with Gasteiger partial charge in [0.2, 0.25) is 10.0 Å². The summed E-state index contributed by atoms with van der Waals surface area (Å²) in [7, 11) is -0.595. The van der Waals surface area contributed by atoms with Crippen LogP contribution in [0.15, 0.2) is 29.2 Å². The second-order valence-electron chi connectivity index (χ2n) is 4.57. The molecule has 0 bridgehead atoms. The normalized spacial score (nSPS) is 13.2. The van der Waals surface area contributed by atoms with Crippen LogP contribution in [-0.4, -0.2) is 50.5 Å². The Hall–Kier alpha value is -1.44. The Balaban J connectivity index is 2.89. The molecule has 20 heavy (non-hydrogen) atoms. The molecule has 2 N–H and O–H groups in total. The Morgan fingerprint density at radius 1 is 1.30 bits per heavy atom. The molecular formula is C13H20N2O4S. The number of aliphatic hydroxyl groups is 1. The first-order valence-electron chi connectivity index (χ1n) is 6.27. The average Bonchev–Trinajstić information content (AvgIpc) is 2.44. The molecule has 0 saturated heterocycles. The fourth-order valence-corrected chi connectivity index (χ4v) is 2.44. The zero-order valence-corrected chi connectivity index (χ0v) is 12.6. The van der Waals surface area contributed by atoms with Gasteiger partial charge in [0.15, 0.2) is 0 Å². The predicted molar refractivity (Wildman–Crippen MR) is 75.9 cm³/mol. The van der Waals surface area contributed by atoms with Gasteiger partial charge in [0.25, 0.3) is 5.91 Å². The largest absolute Gasteiger partial charge is 0.394 e. The molecule has 1 amide bonds. The van der Waals surface area contributed by atoms with Crippen LogP contribution in [0.1, 0.15) is 23.7 Å². The number of aliphatic hydroxyl groups excluding tert-OH is 1. The number of benzene rings is 1. The van der Waals surface area contributed by atoms with E-state index >= 15 is 0 Å². The van der Waals surface area contributed by atoms with Gasteiger partial charge in [-0.25, -0.2) is 12.7 Å². The van der Waals surface area contributed by atoms with Gasteiger partial charge in [-0.2, -0.15) is 0 Å². The van der Waals surface area contributed by atoms with Crippen molar-refractivity contribution < 1.29 is 18.3 Å². The third-order valence-corrected chi connectivity index (χ3v) is 4.77. The third-order valence-electron chi connectivity index (χ3n) is 2.94. The zero-order valence-electron chi connectivity index (χ0n) is 11.8. The lowest BCUT2D eigenvalue weighted by molar-refractivity contribution is 0.0915. The second kappa shape index (κ2) is 6.83. The number of nitrogens with one attached hydrogen (secondary N) is 1. The monoisotopic (exact) mass is 300 g/mol. The first-order valence-corrected chi connectivity index (χ1v) is 7.71. The van der Waals surface area contributed by atoms with Crippen molar-refractivity contribution in [2.24, 2.45) is 0 Å². The molecule has 0 fully saturated rings. The van der Waals surface area contributed by atoms with E-state index < -0.39 is 10.0 Å². The molecule has 0 heterocycles. The molecule has 0 aliphatic rings. The van der Waals surface area contributed by atoms with Gasteiger partial charge in [-0.05, 0) is 30.7 Å². The molecule has 0 saturated carbocycles. The van der Waals surface area contributed by atoms with Crippen LogP contribution in [0.4, 0.5) is 0 Å². The fourth-order valence-electron chi connectivity index (χ4n) is 1.53. The van der Waals surface area contributed by atoms with Crippen LogP contribution in [-0.2, 0) is 10.0 Å². The second-order valence-corrected chi connectivity index (χ2v) is 6.72. The first kappa shape index (κ1) is 16.6. The summed E-state index contributed by atoms with van der Waals surface area (Å²) in [5, 5.41) is 11.7. The van der Waals surface area contributed by atoms with Gasteiger partial charge in [-0.15, -0.1) is 0 Å². The van der Waals surface area contributed by atoms with E-state index in [9.17, 15) is 13.2 Å². The highest BCUT2D eigenvalue weighted by Crippen LogP contribution is 2.14. The Kier molecular flexibility index (Phi) is 5.67. The summed E-state index contributed by atoms with van der Waals surface area (Å²) in [5.41, 5.74) is 0.356. The fraction of sp³-hybridized carbons (Fsp3) is 0.462. The summed E-state index contributed by atoms with van der Waals surface area (Å²) in [6.07, 6.45) is 0.620. The molecule has 0 spiro atoms. The van der Waals surface area contributed by atoms with Crippen molar-refractivity contribution in [1.29, 1.82) is 0 Å². The lowest BCUT2D eigenvalue weighted by atomic mass is 10.2. The Bertz CT molecular complexity index is 548. The number of hydrogen-bond donors (Lipinski definition) is 2. The summed E-state index contributed by atoms with van der Waals surface area (Å²) in [5.74, 6) is -0.334. The van der Waals surface area contributed by atoms with Gasteiger partial charge in [0.05, 0.1) is 17.5 Å². The molecule has 1 rings (SSSR count). The average molecular weight is 300 g/mol. The third kappa shape index (κ3) is 3.78. The minimum absolute atomic E-state index is 0.130. The molecule has 0 aliphatic heterocycles. The van der Waals surface area contributed by atoms with Gasteiger partial charge in [-0.3, -0.25) is 4.79 Å². The molecule has 112 valence electrons. The number of rotatable bonds is 6. The summed E-state index contributed by atoms with van der Waals surface area (Å²) in [6.45, 7) is 1.73. The summed E-state index contributed by atoms with van der Waals surface area (Å²) in [4.78, 5) is 12.0. The molecular weight excluding hydrogens is 280 g/mol. The minimum Gasteiger partial charge on any atom is -0.394 e. The summed E-state index contributed by atoms with van der Waals surface area (Å²) >= 11 is 0. The maximum absolute atomic E-state index is 11.9. The molecule has 0 unspecified atom stereocenters. The first-order chi connectivity index (χ1) is 9.32. The van der Waals surface area contributed by atoms with Gasteiger partial charge in [0, 0.05) is 19.7 Å². The van der Waals surface area contributed by atoms with Crippen molar-refractivity contribution in [2.75, 3.05) is 20.7 Å². The SMILES string of the molecule is CC[C@@H](CO)NC(=O)c1ccc(S(=O)(=O)N(C)C)cc1. The molecule has 0 aromatic heterocycles. The predicted octanol–water partition coefficient (Wildman–Crippen LogP) is 0.438. The van der Waals surface area contributed by atoms with Crippen LogP contribution in [0.5, 0.6) is 0 Å². The van der Waals surface area contributed by atoms with Crippen LogP contribution in [0, 0.1) is 0 Å². The van der Waals surface area contributed by atoms with Crippen molar-refractivity contribution in [3.63, 3.8) is 0 Å². The highest BCUT2D eigenvalue weighted by Gasteiger charge is 2.18. The molecule has 7 heteroatoms. The van der Waals surface area contributed by atoms with E-state index in [4.69, 9.17) is 5.11 Å². The highest BCUT2D eigenvalue weighted by molar-refractivity contribution is 7.89.